The van der Waals surface area contributed by atoms with Gasteiger partial charge >= 0.3 is 6.09 Å². The van der Waals surface area contributed by atoms with Crippen molar-refractivity contribution < 1.29 is 19.0 Å². The predicted octanol–water partition coefficient (Wildman–Crippen LogP) is 2.07. The summed E-state index contributed by atoms with van der Waals surface area (Å²) in [6.07, 6.45) is -0.552. The summed E-state index contributed by atoms with van der Waals surface area (Å²) in [7, 11) is 1.44. The summed E-state index contributed by atoms with van der Waals surface area (Å²) in [6.45, 7) is 1.57. The van der Waals surface area contributed by atoms with Gasteiger partial charge in [-0.2, -0.15) is 0 Å². The Bertz CT molecular complexity index is 1670. The van der Waals surface area contributed by atoms with E-state index in [9.17, 15) is 19.2 Å². The van der Waals surface area contributed by atoms with E-state index in [1.165, 1.54) is 30.2 Å². The zero-order chi connectivity index (χ0) is 25.4. The molecule has 1 aliphatic rings. The molecule has 2 N–H and O–H groups in total. The molecule has 1 saturated heterocycles. The number of hydrogen-bond acceptors (Lipinski definition) is 7. The minimum atomic E-state index is -0.676. The van der Waals surface area contributed by atoms with E-state index < -0.39 is 22.6 Å². The summed E-state index contributed by atoms with van der Waals surface area (Å²) in [4.78, 5) is 56.0. The molecule has 0 bridgehead atoms. The highest BCUT2D eigenvalue weighted by atomic mass is 35.5. The van der Waals surface area contributed by atoms with E-state index in [-0.39, 0.29) is 28.6 Å². The molecule has 36 heavy (non-hydrogen) atoms. The van der Waals surface area contributed by atoms with Crippen LogP contribution in [-0.4, -0.2) is 59.2 Å². The first kappa shape index (κ1) is 23.6. The monoisotopic (exact) mass is 512 g/mol. The van der Waals surface area contributed by atoms with Crippen LogP contribution in [0.4, 0.5) is 4.79 Å². The molecule has 4 aromatic rings. The minimum Gasteiger partial charge on any atom is -0.493 e. The Morgan fingerprint density at radius 3 is 2.61 bits per heavy atom. The highest BCUT2D eigenvalue weighted by molar-refractivity contribution is 6.31. The van der Waals surface area contributed by atoms with Crippen molar-refractivity contribution in [3.8, 4) is 11.5 Å². The van der Waals surface area contributed by atoms with Crippen LogP contribution in [0.25, 0.3) is 21.8 Å². The molecule has 3 heterocycles. The Labute approximate surface area is 207 Å². The van der Waals surface area contributed by atoms with Gasteiger partial charge in [-0.05, 0) is 35.9 Å². The number of aromatic amines is 2. The van der Waals surface area contributed by atoms with E-state index in [0.717, 1.165) is 4.68 Å². The second-order valence-electron chi connectivity index (χ2n) is 8.18. The maximum absolute atomic E-state index is 13.2. The molecule has 2 aromatic heterocycles. The van der Waals surface area contributed by atoms with Gasteiger partial charge < -0.3 is 24.1 Å². The largest absolute Gasteiger partial charge is 0.493 e. The van der Waals surface area contributed by atoms with E-state index in [2.05, 4.69) is 10.1 Å². The average molecular weight is 513 g/mol. The van der Waals surface area contributed by atoms with Crippen LogP contribution < -0.4 is 26.0 Å². The van der Waals surface area contributed by atoms with Gasteiger partial charge in [0.15, 0.2) is 11.5 Å². The second-order valence-corrected chi connectivity index (χ2v) is 8.62. The number of fused-ring (bicyclic) bond motifs is 2. The van der Waals surface area contributed by atoms with Crippen LogP contribution in [-0.2, 0) is 11.3 Å². The number of rotatable bonds is 4. The number of methoxy groups -OCH3 is 1. The van der Waals surface area contributed by atoms with Crippen LogP contribution in [0.1, 0.15) is 5.56 Å². The van der Waals surface area contributed by atoms with Crippen LogP contribution in [0, 0.1) is 0 Å². The Morgan fingerprint density at radius 1 is 1.08 bits per heavy atom. The molecule has 1 fully saturated rings. The molecule has 0 saturated carbocycles. The third-order valence-corrected chi connectivity index (χ3v) is 6.16. The van der Waals surface area contributed by atoms with Gasteiger partial charge in [-0.1, -0.05) is 17.7 Å². The van der Waals surface area contributed by atoms with Crippen LogP contribution >= 0.6 is 11.6 Å². The van der Waals surface area contributed by atoms with Crippen molar-refractivity contribution in [1.82, 2.24) is 19.7 Å². The Morgan fingerprint density at radius 2 is 1.86 bits per heavy atom. The zero-order valence-electron chi connectivity index (χ0n) is 19.1. The minimum absolute atomic E-state index is 0.0891. The van der Waals surface area contributed by atoms with Gasteiger partial charge in [-0.25, -0.2) is 9.48 Å². The highest BCUT2D eigenvalue weighted by Crippen LogP contribution is 2.29. The number of nitrogens with zero attached hydrogens (tertiary/aromatic N) is 2. The van der Waals surface area contributed by atoms with Crippen molar-refractivity contribution in [2.24, 2.45) is 0 Å². The number of ether oxygens (including phenoxy) is 3. The number of morpholine rings is 1. The summed E-state index contributed by atoms with van der Waals surface area (Å²) in [5.74, 6) is 0.477. The van der Waals surface area contributed by atoms with Gasteiger partial charge in [0.05, 0.1) is 32.4 Å². The fraction of sp³-hybridized carbons (Fsp3) is 0.250. The molecule has 0 aliphatic carbocycles. The lowest BCUT2D eigenvalue weighted by Crippen LogP contribution is -2.42. The van der Waals surface area contributed by atoms with Crippen molar-refractivity contribution in [1.29, 1.82) is 0 Å². The first-order valence-corrected chi connectivity index (χ1v) is 11.4. The summed E-state index contributed by atoms with van der Waals surface area (Å²) in [5.41, 5.74) is -1.14. The predicted molar refractivity (Wildman–Crippen MR) is 132 cm³/mol. The van der Waals surface area contributed by atoms with E-state index >= 15 is 0 Å². The molecule has 0 spiro atoms. The molecule has 1 amide bonds. The smallest absolute Gasteiger partial charge is 0.415 e. The van der Waals surface area contributed by atoms with E-state index in [0.29, 0.717) is 48.2 Å². The number of hydrogen-bond donors (Lipinski definition) is 2. The molecule has 0 atom stereocenters. The quantitative estimate of drug-likeness (QED) is 0.399. The Kier molecular flexibility index (Phi) is 6.25. The molecular weight excluding hydrogens is 492 g/mol. The molecule has 2 aromatic carbocycles. The van der Waals surface area contributed by atoms with Crippen molar-refractivity contribution >= 4 is 39.5 Å². The SMILES string of the molecule is COc1ccc(Cn2[nH]c(=O)c3[nH]c4cc(Cl)ccc4c(=O)c3c2=O)cc1OC(=O)N1CCOCC1. The zero-order valence-corrected chi connectivity index (χ0v) is 19.9. The summed E-state index contributed by atoms with van der Waals surface area (Å²) < 4.78 is 17.1. The van der Waals surface area contributed by atoms with Crippen molar-refractivity contribution in [3.63, 3.8) is 0 Å². The van der Waals surface area contributed by atoms with Gasteiger partial charge in [0.2, 0.25) is 5.43 Å². The first-order chi connectivity index (χ1) is 17.4. The number of aromatic nitrogens is 3. The molecule has 186 valence electrons. The van der Waals surface area contributed by atoms with Gasteiger partial charge in [0.25, 0.3) is 11.1 Å². The summed E-state index contributed by atoms with van der Waals surface area (Å²) in [6, 6.07) is 9.34. The molecule has 0 unspecified atom stereocenters. The Balaban J connectivity index is 1.53. The number of H-pyrrole nitrogens is 2. The lowest BCUT2D eigenvalue weighted by molar-refractivity contribution is 0.0413. The Hall–Kier alpha value is -4.09. The highest BCUT2D eigenvalue weighted by Gasteiger charge is 2.21. The first-order valence-electron chi connectivity index (χ1n) is 11.1. The van der Waals surface area contributed by atoms with Crippen LogP contribution in [0.5, 0.6) is 11.5 Å². The maximum Gasteiger partial charge on any atom is 0.415 e. The second kappa shape index (κ2) is 9.51. The van der Waals surface area contributed by atoms with Crippen LogP contribution in [0.2, 0.25) is 5.02 Å². The molecular formula is C24H21ClN4O7. The molecule has 12 heteroatoms. The lowest BCUT2D eigenvalue weighted by Gasteiger charge is -2.26. The molecule has 11 nitrogen and oxygen atoms in total. The third-order valence-electron chi connectivity index (χ3n) is 5.92. The van der Waals surface area contributed by atoms with Crippen LogP contribution in [0.15, 0.2) is 50.8 Å². The van der Waals surface area contributed by atoms with Crippen molar-refractivity contribution in [2.45, 2.75) is 6.54 Å². The van der Waals surface area contributed by atoms with E-state index in [4.69, 9.17) is 25.8 Å². The number of amides is 1. The fourth-order valence-corrected chi connectivity index (χ4v) is 4.27. The number of pyridine rings is 1. The van der Waals surface area contributed by atoms with Crippen LogP contribution in [0.3, 0.4) is 0 Å². The standard InChI is InChI=1S/C24H21ClN4O7/c1-34-17-5-2-13(10-18(17)36-24(33)28-6-8-35-9-7-28)12-29-23(32)19-20(22(31)27-29)26-16-11-14(25)3-4-15(16)21(19)30/h2-5,10-11H,6-9,12H2,1H3,(H,26,30)(H,27,31). The number of carbonyl (C=O) groups is 1. The van der Waals surface area contributed by atoms with Gasteiger partial charge in [0, 0.05) is 23.5 Å². The average Bonchev–Trinajstić information content (AvgIpc) is 2.87. The number of benzene rings is 2. The van der Waals surface area contributed by atoms with Gasteiger partial charge in [0.1, 0.15) is 10.9 Å². The summed E-state index contributed by atoms with van der Waals surface area (Å²) >= 11 is 6.00. The topological polar surface area (TPSA) is 136 Å². The van der Waals surface area contributed by atoms with Crippen molar-refractivity contribution in [3.05, 3.63) is 77.9 Å². The van der Waals surface area contributed by atoms with E-state index in [1.807, 2.05) is 0 Å². The number of halogens is 1. The molecule has 5 rings (SSSR count). The maximum atomic E-state index is 13.2. The number of nitrogens with one attached hydrogen (secondary N) is 2. The third kappa shape index (κ3) is 4.34. The van der Waals surface area contributed by atoms with Gasteiger partial charge in [-0.15, -0.1) is 0 Å². The van der Waals surface area contributed by atoms with Crippen molar-refractivity contribution in [2.75, 3.05) is 33.4 Å². The molecule has 1 aliphatic heterocycles. The lowest BCUT2D eigenvalue weighted by atomic mass is 10.1. The van der Waals surface area contributed by atoms with Gasteiger partial charge in [-0.3, -0.25) is 19.5 Å². The number of carbonyl (C=O) groups excluding carboxylic acids is 1. The molecule has 0 radical (unpaired) electrons. The summed E-state index contributed by atoms with van der Waals surface area (Å²) in [5, 5.41) is 2.86. The fourth-order valence-electron chi connectivity index (χ4n) is 4.10. The normalized spacial score (nSPS) is 13.8. The van der Waals surface area contributed by atoms with E-state index in [1.54, 1.807) is 18.2 Å².